The predicted molar refractivity (Wildman–Crippen MR) is 74.2 cm³/mol. The molecule has 0 amide bonds. The summed E-state index contributed by atoms with van der Waals surface area (Å²) in [5.74, 6) is 1.90. The standard InChI is InChI=1S/C15H30N2/c1-12-4-6-15(7-5-12)17(3)11-14-8-9-16-13(2)10-14/h12-16H,4-11H2,1-3H3. The molecule has 2 fully saturated rings. The maximum absolute atomic E-state index is 3.55. The van der Waals surface area contributed by atoms with Gasteiger partial charge in [-0.25, -0.2) is 0 Å². The summed E-state index contributed by atoms with van der Waals surface area (Å²) in [7, 11) is 2.35. The lowest BCUT2D eigenvalue weighted by Crippen LogP contribution is -2.43. The van der Waals surface area contributed by atoms with E-state index < -0.39 is 0 Å². The second-order valence-electron chi connectivity index (χ2n) is 6.60. The fourth-order valence-corrected chi connectivity index (χ4v) is 3.64. The van der Waals surface area contributed by atoms with Crippen molar-refractivity contribution in [1.29, 1.82) is 0 Å². The maximum Gasteiger partial charge on any atom is 0.00925 e. The highest BCUT2D eigenvalue weighted by molar-refractivity contribution is 4.81. The summed E-state index contributed by atoms with van der Waals surface area (Å²) < 4.78 is 0. The first-order chi connectivity index (χ1) is 8.15. The van der Waals surface area contributed by atoms with E-state index in [1.807, 2.05) is 0 Å². The third-order valence-electron chi connectivity index (χ3n) is 4.89. The Morgan fingerprint density at radius 3 is 2.41 bits per heavy atom. The van der Waals surface area contributed by atoms with Crippen molar-refractivity contribution >= 4 is 0 Å². The number of hydrogen-bond acceptors (Lipinski definition) is 2. The monoisotopic (exact) mass is 238 g/mol. The van der Waals surface area contributed by atoms with Crippen LogP contribution < -0.4 is 5.32 Å². The molecule has 2 atom stereocenters. The van der Waals surface area contributed by atoms with Gasteiger partial charge >= 0.3 is 0 Å². The van der Waals surface area contributed by atoms with Crippen molar-refractivity contribution in [2.24, 2.45) is 11.8 Å². The third-order valence-corrected chi connectivity index (χ3v) is 4.89. The fraction of sp³-hybridized carbons (Fsp3) is 1.00. The SMILES string of the molecule is CC1CCC(N(C)CC2CCNC(C)C2)CC1. The molecule has 2 unspecified atom stereocenters. The van der Waals surface area contributed by atoms with Gasteiger partial charge in [-0.1, -0.05) is 6.92 Å². The van der Waals surface area contributed by atoms with Gasteiger partial charge in [-0.3, -0.25) is 0 Å². The van der Waals surface area contributed by atoms with Gasteiger partial charge in [-0.05, 0) is 70.9 Å². The van der Waals surface area contributed by atoms with Crippen molar-refractivity contribution in [2.45, 2.75) is 64.5 Å². The molecule has 1 saturated heterocycles. The Kier molecular flexibility index (Phi) is 4.87. The molecule has 0 aromatic carbocycles. The Balaban J connectivity index is 1.74. The average Bonchev–Trinajstić information content (AvgIpc) is 2.29. The van der Waals surface area contributed by atoms with Gasteiger partial charge in [0.05, 0.1) is 0 Å². The zero-order valence-corrected chi connectivity index (χ0v) is 11.9. The first kappa shape index (κ1) is 13.4. The highest BCUT2D eigenvalue weighted by Crippen LogP contribution is 2.27. The summed E-state index contributed by atoms with van der Waals surface area (Å²) >= 11 is 0. The number of nitrogens with zero attached hydrogens (tertiary/aromatic N) is 1. The molecule has 0 radical (unpaired) electrons. The molecule has 100 valence electrons. The fourth-order valence-electron chi connectivity index (χ4n) is 3.64. The average molecular weight is 238 g/mol. The number of rotatable bonds is 3. The van der Waals surface area contributed by atoms with Crippen molar-refractivity contribution in [1.82, 2.24) is 10.2 Å². The lowest BCUT2D eigenvalue weighted by atomic mass is 9.85. The summed E-state index contributed by atoms with van der Waals surface area (Å²) in [6.07, 6.45) is 8.48. The molecule has 1 N–H and O–H groups in total. The Morgan fingerprint density at radius 1 is 1.06 bits per heavy atom. The maximum atomic E-state index is 3.55. The van der Waals surface area contributed by atoms with E-state index in [-0.39, 0.29) is 0 Å². The van der Waals surface area contributed by atoms with Crippen LogP contribution in [0.25, 0.3) is 0 Å². The second-order valence-corrected chi connectivity index (χ2v) is 6.60. The van der Waals surface area contributed by atoms with Crippen LogP contribution in [0.5, 0.6) is 0 Å². The zero-order valence-electron chi connectivity index (χ0n) is 11.9. The second kappa shape index (κ2) is 6.19. The molecule has 17 heavy (non-hydrogen) atoms. The molecule has 2 nitrogen and oxygen atoms in total. The van der Waals surface area contributed by atoms with E-state index in [0.717, 1.165) is 23.9 Å². The number of nitrogens with one attached hydrogen (secondary N) is 1. The quantitative estimate of drug-likeness (QED) is 0.813. The lowest BCUT2D eigenvalue weighted by molar-refractivity contribution is 0.133. The molecule has 1 heterocycles. The molecule has 1 aliphatic heterocycles. The summed E-state index contributed by atoms with van der Waals surface area (Å²) in [5.41, 5.74) is 0. The Morgan fingerprint density at radius 2 is 1.76 bits per heavy atom. The predicted octanol–water partition coefficient (Wildman–Crippen LogP) is 2.89. The minimum atomic E-state index is 0.730. The van der Waals surface area contributed by atoms with E-state index in [0.29, 0.717) is 0 Å². The van der Waals surface area contributed by atoms with Gasteiger partial charge < -0.3 is 10.2 Å². The molecule has 0 bridgehead atoms. The normalized spacial score (nSPS) is 39.5. The summed E-state index contributed by atoms with van der Waals surface area (Å²) in [6.45, 7) is 7.28. The van der Waals surface area contributed by atoms with Gasteiger partial charge in [0.2, 0.25) is 0 Å². The summed E-state index contributed by atoms with van der Waals surface area (Å²) in [5, 5.41) is 3.55. The van der Waals surface area contributed by atoms with Crippen LogP contribution in [0.2, 0.25) is 0 Å². The van der Waals surface area contributed by atoms with Crippen LogP contribution in [-0.2, 0) is 0 Å². The first-order valence-corrected chi connectivity index (χ1v) is 7.58. The highest BCUT2D eigenvalue weighted by atomic mass is 15.1. The van der Waals surface area contributed by atoms with Crippen LogP contribution in [0.3, 0.4) is 0 Å². The Labute approximate surface area is 107 Å². The Hall–Kier alpha value is -0.0800. The molecule has 0 aromatic heterocycles. The molecule has 2 aliphatic rings. The van der Waals surface area contributed by atoms with Gasteiger partial charge in [-0.2, -0.15) is 0 Å². The van der Waals surface area contributed by atoms with E-state index in [9.17, 15) is 0 Å². The number of hydrogen-bond donors (Lipinski definition) is 1. The van der Waals surface area contributed by atoms with Crippen LogP contribution in [0, 0.1) is 11.8 Å². The van der Waals surface area contributed by atoms with Gasteiger partial charge in [-0.15, -0.1) is 0 Å². The molecular formula is C15H30N2. The van der Waals surface area contributed by atoms with Crippen LogP contribution in [0.15, 0.2) is 0 Å². The highest BCUT2D eigenvalue weighted by Gasteiger charge is 2.25. The lowest BCUT2D eigenvalue weighted by Gasteiger charge is -2.37. The van der Waals surface area contributed by atoms with Crippen molar-refractivity contribution in [3.8, 4) is 0 Å². The van der Waals surface area contributed by atoms with E-state index >= 15 is 0 Å². The summed E-state index contributed by atoms with van der Waals surface area (Å²) in [6, 6.07) is 1.60. The number of piperidine rings is 1. The van der Waals surface area contributed by atoms with E-state index in [2.05, 4.69) is 31.1 Å². The minimum Gasteiger partial charge on any atom is -0.314 e. The van der Waals surface area contributed by atoms with Crippen molar-refractivity contribution in [2.75, 3.05) is 20.1 Å². The third kappa shape index (κ3) is 3.96. The van der Waals surface area contributed by atoms with Gasteiger partial charge in [0, 0.05) is 18.6 Å². The van der Waals surface area contributed by atoms with Crippen LogP contribution >= 0.6 is 0 Å². The minimum absolute atomic E-state index is 0.730. The van der Waals surface area contributed by atoms with Gasteiger partial charge in [0.1, 0.15) is 0 Å². The zero-order chi connectivity index (χ0) is 12.3. The van der Waals surface area contributed by atoms with Crippen LogP contribution in [-0.4, -0.2) is 37.1 Å². The molecule has 0 spiro atoms. The first-order valence-electron chi connectivity index (χ1n) is 7.58. The van der Waals surface area contributed by atoms with E-state index in [1.54, 1.807) is 0 Å². The van der Waals surface area contributed by atoms with Crippen molar-refractivity contribution in [3.05, 3.63) is 0 Å². The smallest absolute Gasteiger partial charge is 0.00925 e. The van der Waals surface area contributed by atoms with Crippen LogP contribution in [0.4, 0.5) is 0 Å². The van der Waals surface area contributed by atoms with E-state index in [4.69, 9.17) is 0 Å². The molecule has 1 saturated carbocycles. The molecular weight excluding hydrogens is 208 g/mol. The van der Waals surface area contributed by atoms with Crippen molar-refractivity contribution in [3.63, 3.8) is 0 Å². The van der Waals surface area contributed by atoms with Gasteiger partial charge in [0.25, 0.3) is 0 Å². The van der Waals surface area contributed by atoms with Crippen molar-refractivity contribution < 1.29 is 0 Å². The molecule has 0 aromatic rings. The topological polar surface area (TPSA) is 15.3 Å². The molecule has 1 aliphatic carbocycles. The summed E-state index contributed by atoms with van der Waals surface area (Å²) in [4.78, 5) is 2.66. The Bertz CT molecular complexity index is 221. The largest absolute Gasteiger partial charge is 0.314 e. The molecule has 2 heteroatoms. The van der Waals surface area contributed by atoms with E-state index in [1.165, 1.54) is 51.6 Å². The van der Waals surface area contributed by atoms with Gasteiger partial charge in [0.15, 0.2) is 0 Å². The van der Waals surface area contributed by atoms with Crippen LogP contribution in [0.1, 0.15) is 52.4 Å². The molecule has 2 rings (SSSR count).